The van der Waals surface area contributed by atoms with Crippen molar-refractivity contribution in [3.05, 3.63) is 65.7 Å². The number of hydrogen-bond acceptors (Lipinski definition) is 3. The van der Waals surface area contributed by atoms with Gasteiger partial charge in [0.1, 0.15) is 0 Å². The molecule has 0 radical (unpaired) electrons. The molecule has 1 aromatic carbocycles. The highest BCUT2D eigenvalue weighted by atomic mass is 127. The summed E-state index contributed by atoms with van der Waals surface area (Å²) in [5, 5.41) is 10.8. The predicted octanol–water partition coefficient (Wildman–Crippen LogP) is 3.45. The fourth-order valence-electron chi connectivity index (χ4n) is 2.98. The summed E-state index contributed by atoms with van der Waals surface area (Å²) in [5.41, 5.74) is 1.05. The summed E-state index contributed by atoms with van der Waals surface area (Å²) in [4.78, 5) is 5.97. The number of alkyl halides is 3. The number of aryl methyl sites for hydroxylation is 1. The minimum absolute atomic E-state index is 0. The molecule has 30 heavy (non-hydrogen) atoms. The number of para-hydroxylation sites is 1. The molecule has 0 spiro atoms. The van der Waals surface area contributed by atoms with Crippen LogP contribution in [0.2, 0.25) is 0 Å². The van der Waals surface area contributed by atoms with E-state index in [1.807, 2.05) is 48.5 Å². The van der Waals surface area contributed by atoms with Gasteiger partial charge in [-0.3, -0.25) is 9.67 Å². The van der Waals surface area contributed by atoms with Gasteiger partial charge in [0.15, 0.2) is 11.7 Å². The molecule has 0 saturated carbocycles. The first kappa shape index (κ1) is 23.7. The van der Waals surface area contributed by atoms with Crippen LogP contribution in [-0.2, 0) is 26.3 Å². The van der Waals surface area contributed by atoms with Crippen LogP contribution in [0.5, 0.6) is 0 Å². The molecule has 0 amide bonds. The summed E-state index contributed by atoms with van der Waals surface area (Å²) in [6, 6.07) is 9.70. The molecular weight excluding hydrogens is 510 g/mol. The third kappa shape index (κ3) is 5.74. The van der Waals surface area contributed by atoms with Gasteiger partial charge in [-0.25, -0.2) is 4.68 Å². The number of rotatable bonds is 5. The fraction of sp³-hybridized carbons (Fsp3) is 0.316. The number of aliphatic imine (C=N–C) groups is 1. The maximum atomic E-state index is 13.1. The van der Waals surface area contributed by atoms with E-state index in [1.165, 1.54) is 13.2 Å². The highest BCUT2D eigenvalue weighted by Crippen LogP contribution is 2.30. The van der Waals surface area contributed by atoms with Gasteiger partial charge in [0.05, 0.1) is 11.9 Å². The number of nitrogens with one attached hydrogen (secondary N) is 1. The Balaban J connectivity index is 0.00000320. The van der Waals surface area contributed by atoms with Crippen LogP contribution in [0.3, 0.4) is 0 Å². The van der Waals surface area contributed by atoms with E-state index in [0.717, 1.165) is 15.9 Å². The summed E-state index contributed by atoms with van der Waals surface area (Å²) >= 11 is 0. The second-order valence-corrected chi connectivity index (χ2v) is 6.56. The van der Waals surface area contributed by atoms with E-state index >= 15 is 0 Å². The van der Waals surface area contributed by atoms with E-state index in [4.69, 9.17) is 0 Å². The molecule has 2 heterocycles. The fourth-order valence-corrected chi connectivity index (χ4v) is 2.98. The van der Waals surface area contributed by atoms with Crippen LogP contribution in [-0.4, -0.2) is 44.5 Å². The van der Waals surface area contributed by atoms with E-state index in [-0.39, 0.29) is 36.1 Å². The summed E-state index contributed by atoms with van der Waals surface area (Å²) in [7, 11) is 4.85. The van der Waals surface area contributed by atoms with Crippen LogP contribution in [0, 0.1) is 0 Å². The van der Waals surface area contributed by atoms with Crippen molar-refractivity contribution in [2.24, 2.45) is 12.0 Å². The molecule has 3 rings (SSSR count). The number of benzene rings is 1. The van der Waals surface area contributed by atoms with Crippen LogP contribution in [0.4, 0.5) is 13.2 Å². The zero-order valence-electron chi connectivity index (χ0n) is 16.8. The van der Waals surface area contributed by atoms with Crippen molar-refractivity contribution in [3.8, 4) is 5.69 Å². The zero-order chi connectivity index (χ0) is 21.0. The zero-order valence-corrected chi connectivity index (χ0v) is 19.1. The molecule has 0 bridgehead atoms. The molecule has 0 unspecified atom stereocenters. The SMILES string of the molecule is CN=C(NCc1cn(C)nc1C(F)(F)F)N(C)Cc1cnn(-c2ccccc2)c1.I. The highest BCUT2D eigenvalue weighted by molar-refractivity contribution is 14.0. The van der Waals surface area contributed by atoms with Gasteiger partial charge in [0.25, 0.3) is 0 Å². The number of aromatic nitrogens is 4. The Morgan fingerprint density at radius 3 is 2.53 bits per heavy atom. The lowest BCUT2D eigenvalue weighted by molar-refractivity contribution is -0.142. The van der Waals surface area contributed by atoms with Gasteiger partial charge in [0.2, 0.25) is 0 Å². The van der Waals surface area contributed by atoms with Gasteiger partial charge >= 0.3 is 6.18 Å². The second-order valence-electron chi connectivity index (χ2n) is 6.56. The van der Waals surface area contributed by atoms with Crippen molar-refractivity contribution < 1.29 is 13.2 Å². The van der Waals surface area contributed by atoms with Crippen molar-refractivity contribution in [3.63, 3.8) is 0 Å². The number of guanidine groups is 1. The average molecular weight is 533 g/mol. The van der Waals surface area contributed by atoms with Crippen molar-refractivity contribution in [1.82, 2.24) is 29.8 Å². The van der Waals surface area contributed by atoms with Gasteiger partial charge in [0, 0.05) is 57.8 Å². The van der Waals surface area contributed by atoms with Crippen LogP contribution in [0.15, 0.2) is 53.9 Å². The topological polar surface area (TPSA) is 63.3 Å². The Kier molecular flexibility index (Phi) is 7.87. The lowest BCUT2D eigenvalue weighted by atomic mass is 10.2. The molecule has 2 aromatic heterocycles. The minimum atomic E-state index is -4.50. The molecule has 11 heteroatoms. The third-order valence-corrected chi connectivity index (χ3v) is 4.26. The molecule has 0 aliphatic rings. The second kappa shape index (κ2) is 9.96. The first-order valence-corrected chi connectivity index (χ1v) is 8.88. The minimum Gasteiger partial charge on any atom is -0.352 e. The van der Waals surface area contributed by atoms with Crippen molar-refractivity contribution >= 4 is 29.9 Å². The number of halogens is 4. The summed E-state index contributed by atoms with van der Waals surface area (Å²) < 4.78 is 42.2. The predicted molar refractivity (Wildman–Crippen MR) is 119 cm³/mol. The average Bonchev–Trinajstić information content (AvgIpc) is 3.29. The van der Waals surface area contributed by atoms with E-state index in [2.05, 4.69) is 20.5 Å². The largest absolute Gasteiger partial charge is 0.435 e. The number of hydrogen-bond donors (Lipinski definition) is 1. The molecule has 0 atom stereocenters. The molecule has 1 N–H and O–H groups in total. The van der Waals surface area contributed by atoms with E-state index in [9.17, 15) is 13.2 Å². The Bertz CT molecular complexity index is 980. The Labute approximate surface area is 189 Å². The lowest BCUT2D eigenvalue weighted by Crippen LogP contribution is -2.38. The highest BCUT2D eigenvalue weighted by Gasteiger charge is 2.36. The molecule has 162 valence electrons. The van der Waals surface area contributed by atoms with Gasteiger partial charge in [-0.2, -0.15) is 23.4 Å². The number of nitrogens with zero attached hydrogens (tertiary/aromatic N) is 6. The molecule has 0 aliphatic carbocycles. The van der Waals surface area contributed by atoms with Gasteiger partial charge < -0.3 is 10.2 Å². The molecule has 0 fully saturated rings. The maximum Gasteiger partial charge on any atom is 0.435 e. The maximum absolute atomic E-state index is 13.1. The van der Waals surface area contributed by atoms with Crippen LogP contribution < -0.4 is 5.32 Å². The van der Waals surface area contributed by atoms with Crippen LogP contribution in [0.1, 0.15) is 16.8 Å². The molecule has 0 saturated heterocycles. The summed E-state index contributed by atoms with van der Waals surface area (Å²) in [6.45, 7) is 0.453. The van der Waals surface area contributed by atoms with Crippen molar-refractivity contribution in [1.29, 1.82) is 0 Å². The summed E-state index contributed by atoms with van der Waals surface area (Å²) in [5.74, 6) is 0.467. The molecule has 7 nitrogen and oxygen atoms in total. The molecule has 0 aliphatic heterocycles. The third-order valence-electron chi connectivity index (χ3n) is 4.26. The van der Waals surface area contributed by atoms with Crippen LogP contribution in [0.25, 0.3) is 5.69 Å². The molecular formula is C19H23F3IN7. The summed E-state index contributed by atoms with van der Waals surface area (Å²) in [6.07, 6.45) is 0.508. The Hall–Kier alpha value is -2.57. The monoisotopic (exact) mass is 533 g/mol. The van der Waals surface area contributed by atoms with E-state index in [0.29, 0.717) is 12.5 Å². The Morgan fingerprint density at radius 1 is 1.20 bits per heavy atom. The van der Waals surface area contributed by atoms with E-state index < -0.39 is 11.9 Å². The van der Waals surface area contributed by atoms with E-state index in [1.54, 1.807) is 17.9 Å². The molecule has 3 aromatic rings. The Morgan fingerprint density at radius 2 is 1.90 bits per heavy atom. The lowest BCUT2D eigenvalue weighted by Gasteiger charge is -2.21. The smallest absolute Gasteiger partial charge is 0.352 e. The first-order valence-electron chi connectivity index (χ1n) is 8.88. The van der Waals surface area contributed by atoms with Gasteiger partial charge in [-0.15, -0.1) is 24.0 Å². The standard InChI is InChI=1S/C19H22F3N7.HI/c1-23-18(24-10-15-13-28(3)26-17(15)19(20,21)22)27(2)11-14-9-25-29(12-14)16-7-5-4-6-8-16;/h4-9,12-13H,10-11H2,1-3H3,(H,23,24);1H. The van der Waals surface area contributed by atoms with Gasteiger partial charge in [-0.1, -0.05) is 18.2 Å². The van der Waals surface area contributed by atoms with Crippen molar-refractivity contribution in [2.45, 2.75) is 19.3 Å². The van der Waals surface area contributed by atoms with Crippen molar-refractivity contribution in [2.75, 3.05) is 14.1 Å². The first-order chi connectivity index (χ1) is 13.8. The normalized spacial score (nSPS) is 11.9. The quantitative estimate of drug-likeness (QED) is 0.310. The van der Waals surface area contributed by atoms with Crippen LogP contribution >= 0.6 is 24.0 Å². The van der Waals surface area contributed by atoms with Gasteiger partial charge in [-0.05, 0) is 12.1 Å².